The maximum Gasteiger partial charge on any atom is 0.220 e. The number of hydrogen-bond acceptors (Lipinski definition) is 2. The summed E-state index contributed by atoms with van der Waals surface area (Å²) >= 11 is 0. The first-order chi connectivity index (χ1) is 8.22. The van der Waals surface area contributed by atoms with Crippen LogP contribution in [0.2, 0.25) is 0 Å². The number of aliphatic hydroxyl groups is 1. The van der Waals surface area contributed by atoms with E-state index in [0.29, 0.717) is 19.4 Å². The predicted molar refractivity (Wildman–Crippen MR) is 69.7 cm³/mol. The standard InChI is InChI=1S/C14H27NO2/c1-2-13(16)11-15-14(17)10-6-9-12-7-4-3-5-8-12/h12-13,16H,2-11H2,1H3,(H,15,17). The van der Waals surface area contributed by atoms with Gasteiger partial charge in [-0.3, -0.25) is 4.79 Å². The molecule has 100 valence electrons. The highest BCUT2D eigenvalue weighted by Gasteiger charge is 2.13. The van der Waals surface area contributed by atoms with E-state index in [4.69, 9.17) is 0 Å². The molecule has 1 aliphatic rings. The maximum absolute atomic E-state index is 11.5. The van der Waals surface area contributed by atoms with Crippen LogP contribution in [0.5, 0.6) is 0 Å². The number of carbonyl (C=O) groups excluding carboxylic acids is 1. The molecular weight excluding hydrogens is 214 g/mol. The van der Waals surface area contributed by atoms with Crippen LogP contribution in [0.15, 0.2) is 0 Å². The first-order valence-corrected chi connectivity index (χ1v) is 7.17. The largest absolute Gasteiger partial charge is 0.391 e. The molecule has 1 saturated carbocycles. The van der Waals surface area contributed by atoms with Gasteiger partial charge >= 0.3 is 0 Å². The van der Waals surface area contributed by atoms with Gasteiger partial charge in [-0.1, -0.05) is 39.0 Å². The quantitative estimate of drug-likeness (QED) is 0.720. The molecule has 0 bridgehead atoms. The Morgan fingerprint density at radius 2 is 2.06 bits per heavy atom. The highest BCUT2D eigenvalue weighted by atomic mass is 16.3. The van der Waals surface area contributed by atoms with E-state index in [1.165, 1.54) is 38.5 Å². The molecule has 0 radical (unpaired) electrons. The van der Waals surface area contributed by atoms with Crippen molar-refractivity contribution in [3.63, 3.8) is 0 Å². The molecule has 3 heteroatoms. The zero-order valence-corrected chi connectivity index (χ0v) is 11.1. The number of carbonyl (C=O) groups is 1. The van der Waals surface area contributed by atoms with Gasteiger partial charge in [0.25, 0.3) is 0 Å². The van der Waals surface area contributed by atoms with Crippen LogP contribution in [0.3, 0.4) is 0 Å². The van der Waals surface area contributed by atoms with Gasteiger partial charge in [-0.05, 0) is 25.2 Å². The molecule has 1 amide bonds. The normalized spacial score (nSPS) is 18.9. The van der Waals surface area contributed by atoms with Crippen molar-refractivity contribution in [3.8, 4) is 0 Å². The van der Waals surface area contributed by atoms with Gasteiger partial charge in [0, 0.05) is 13.0 Å². The number of hydrogen-bond donors (Lipinski definition) is 2. The minimum atomic E-state index is -0.391. The summed E-state index contributed by atoms with van der Waals surface area (Å²) < 4.78 is 0. The lowest BCUT2D eigenvalue weighted by molar-refractivity contribution is -0.121. The zero-order valence-electron chi connectivity index (χ0n) is 11.1. The molecule has 0 saturated heterocycles. The molecule has 0 aromatic rings. The summed E-state index contributed by atoms with van der Waals surface area (Å²) in [5.41, 5.74) is 0. The molecule has 0 aromatic heterocycles. The molecule has 1 fully saturated rings. The fourth-order valence-corrected chi connectivity index (χ4v) is 2.49. The van der Waals surface area contributed by atoms with Crippen LogP contribution in [0.4, 0.5) is 0 Å². The van der Waals surface area contributed by atoms with Crippen LogP contribution in [-0.4, -0.2) is 23.7 Å². The van der Waals surface area contributed by atoms with E-state index >= 15 is 0 Å². The minimum absolute atomic E-state index is 0.0910. The van der Waals surface area contributed by atoms with Gasteiger partial charge < -0.3 is 10.4 Å². The summed E-state index contributed by atoms with van der Waals surface area (Å²) in [4.78, 5) is 11.5. The van der Waals surface area contributed by atoms with Crippen LogP contribution in [0.1, 0.15) is 64.7 Å². The monoisotopic (exact) mass is 241 g/mol. The Morgan fingerprint density at radius 3 is 2.71 bits per heavy atom. The average Bonchev–Trinajstić information content (AvgIpc) is 2.37. The summed E-state index contributed by atoms with van der Waals surface area (Å²) in [6.07, 6.45) is 9.98. The van der Waals surface area contributed by atoms with Gasteiger partial charge in [0.15, 0.2) is 0 Å². The van der Waals surface area contributed by atoms with Crippen molar-refractivity contribution in [3.05, 3.63) is 0 Å². The number of amides is 1. The van der Waals surface area contributed by atoms with Crippen LogP contribution < -0.4 is 5.32 Å². The first-order valence-electron chi connectivity index (χ1n) is 7.17. The smallest absolute Gasteiger partial charge is 0.220 e. The van der Waals surface area contributed by atoms with Gasteiger partial charge in [-0.2, -0.15) is 0 Å². The fraction of sp³-hybridized carbons (Fsp3) is 0.929. The van der Waals surface area contributed by atoms with Crippen molar-refractivity contribution < 1.29 is 9.90 Å². The van der Waals surface area contributed by atoms with Crippen molar-refractivity contribution in [2.45, 2.75) is 70.8 Å². The van der Waals surface area contributed by atoms with Gasteiger partial charge in [0.1, 0.15) is 0 Å². The Balaban J connectivity index is 1.99. The van der Waals surface area contributed by atoms with Gasteiger partial charge in [-0.25, -0.2) is 0 Å². The Kier molecular flexibility index (Phi) is 7.25. The van der Waals surface area contributed by atoms with E-state index in [0.717, 1.165) is 12.3 Å². The van der Waals surface area contributed by atoms with Crippen LogP contribution in [-0.2, 0) is 4.79 Å². The van der Waals surface area contributed by atoms with Gasteiger partial charge in [0.05, 0.1) is 6.10 Å². The van der Waals surface area contributed by atoms with Crippen LogP contribution in [0, 0.1) is 5.92 Å². The lowest BCUT2D eigenvalue weighted by Gasteiger charge is -2.21. The second kappa shape index (κ2) is 8.51. The van der Waals surface area contributed by atoms with Crippen LogP contribution >= 0.6 is 0 Å². The Bertz CT molecular complexity index is 212. The molecule has 0 heterocycles. The summed E-state index contributed by atoms with van der Waals surface area (Å²) in [5.74, 6) is 0.950. The molecule has 1 unspecified atom stereocenters. The lowest BCUT2D eigenvalue weighted by atomic mass is 9.86. The molecule has 0 aromatic carbocycles. The first kappa shape index (κ1) is 14.5. The van der Waals surface area contributed by atoms with Crippen molar-refractivity contribution in [2.75, 3.05) is 6.54 Å². The predicted octanol–water partition coefficient (Wildman–Crippen LogP) is 2.62. The SMILES string of the molecule is CCC(O)CNC(=O)CCCC1CCCCC1. The molecule has 17 heavy (non-hydrogen) atoms. The van der Waals surface area contributed by atoms with Crippen molar-refractivity contribution in [2.24, 2.45) is 5.92 Å². The summed E-state index contributed by atoms with van der Waals surface area (Å²) in [6.45, 7) is 2.32. The van der Waals surface area contributed by atoms with E-state index in [2.05, 4.69) is 5.32 Å². The van der Waals surface area contributed by atoms with Crippen molar-refractivity contribution >= 4 is 5.91 Å². The van der Waals surface area contributed by atoms with Crippen molar-refractivity contribution in [1.29, 1.82) is 0 Å². The summed E-state index contributed by atoms with van der Waals surface area (Å²) in [6, 6.07) is 0. The summed E-state index contributed by atoms with van der Waals surface area (Å²) in [5, 5.41) is 12.1. The second-order valence-electron chi connectivity index (χ2n) is 5.26. The van der Waals surface area contributed by atoms with E-state index < -0.39 is 6.10 Å². The summed E-state index contributed by atoms with van der Waals surface area (Å²) in [7, 11) is 0. The van der Waals surface area contributed by atoms with E-state index in [9.17, 15) is 9.90 Å². The number of nitrogens with one attached hydrogen (secondary N) is 1. The van der Waals surface area contributed by atoms with E-state index in [1.807, 2.05) is 6.92 Å². The second-order valence-corrected chi connectivity index (χ2v) is 5.26. The van der Waals surface area contributed by atoms with Crippen molar-refractivity contribution in [1.82, 2.24) is 5.32 Å². The molecule has 1 rings (SSSR count). The highest BCUT2D eigenvalue weighted by Crippen LogP contribution is 2.27. The maximum atomic E-state index is 11.5. The molecule has 1 aliphatic carbocycles. The zero-order chi connectivity index (χ0) is 12.5. The molecule has 0 aliphatic heterocycles. The van der Waals surface area contributed by atoms with E-state index in [1.54, 1.807) is 0 Å². The molecule has 0 spiro atoms. The average molecular weight is 241 g/mol. The van der Waals surface area contributed by atoms with Crippen LogP contribution in [0.25, 0.3) is 0 Å². The number of rotatable bonds is 7. The topological polar surface area (TPSA) is 49.3 Å². The van der Waals surface area contributed by atoms with Gasteiger partial charge in [0.2, 0.25) is 5.91 Å². The molecular formula is C14H27NO2. The lowest BCUT2D eigenvalue weighted by Crippen LogP contribution is -2.31. The molecule has 2 N–H and O–H groups in total. The van der Waals surface area contributed by atoms with E-state index in [-0.39, 0.29) is 5.91 Å². The minimum Gasteiger partial charge on any atom is -0.391 e. The number of aliphatic hydroxyl groups excluding tert-OH is 1. The third-order valence-corrected chi connectivity index (χ3v) is 3.75. The molecule has 1 atom stereocenters. The highest BCUT2D eigenvalue weighted by molar-refractivity contribution is 5.75. The Labute approximate surface area is 105 Å². The Morgan fingerprint density at radius 1 is 1.35 bits per heavy atom. The van der Waals surface area contributed by atoms with Gasteiger partial charge in [-0.15, -0.1) is 0 Å². The molecule has 3 nitrogen and oxygen atoms in total. The Hall–Kier alpha value is -0.570. The third-order valence-electron chi connectivity index (χ3n) is 3.75. The third kappa shape index (κ3) is 6.67. The fourth-order valence-electron chi connectivity index (χ4n) is 2.49.